The number of ether oxygens (including phenoxy) is 1. The fraction of sp³-hybridized carbons (Fsp3) is 0.0625. The molecule has 3 aromatic rings. The molecule has 0 spiro atoms. The molecular formula is C16H9F3O3. The fourth-order valence-corrected chi connectivity index (χ4v) is 2.07. The molecular weight excluding hydrogens is 297 g/mol. The van der Waals surface area contributed by atoms with Crippen molar-refractivity contribution in [2.45, 2.75) is 6.36 Å². The van der Waals surface area contributed by atoms with E-state index in [2.05, 4.69) is 4.74 Å². The zero-order valence-corrected chi connectivity index (χ0v) is 11.1. The van der Waals surface area contributed by atoms with E-state index < -0.39 is 6.36 Å². The van der Waals surface area contributed by atoms with Gasteiger partial charge in [-0.1, -0.05) is 12.1 Å². The Labute approximate surface area is 122 Å². The Hall–Kier alpha value is -2.76. The van der Waals surface area contributed by atoms with Gasteiger partial charge in [0.1, 0.15) is 17.1 Å². The molecule has 0 aliphatic heterocycles. The van der Waals surface area contributed by atoms with Crippen LogP contribution < -0.4 is 10.2 Å². The molecule has 1 heterocycles. The van der Waals surface area contributed by atoms with Gasteiger partial charge >= 0.3 is 6.36 Å². The van der Waals surface area contributed by atoms with E-state index in [1.807, 2.05) is 0 Å². The topological polar surface area (TPSA) is 39.4 Å². The van der Waals surface area contributed by atoms with E-state index in [0.29, 0.717) is 16.5 Å². The molecule has 0 N–H and O–H groups in total. The summed E-state index contributed by atoms with van der Waals surface area (Å²) >= 11 is 0. The minimum absolute atomic E-state index is 0.215. The van der Waals surface area contributed by atoms with Gasteiger partial charge in [0.05, 0.1) is 5.39 Å². The third-order valence-electron chi connectivity index (χ3n) is 3.01. The van der Waals surface area contributed by atoms with E-state index in [1.165, 1.54) is 18.2 Å². The zero-order chi connectivity index (χ0) is 15.7. The standard InChI is InChI=1S/C16H9F3O3/c17-16(18,19)22-11-7-5-10(6-8-11)15-9-13(20)12-3-1-2-4-14(12)21-15/h1-9H. The second-order valence-corrected chi connectivity index (χ2v) is 4.54. The van der Waals surface area contributed by atoms with Crippen LogP contribution in [-0.2, 0) is 0 Å². The summed E-state index contributed by atoms with van der Waals surface area (Å²) in [5, 5.41) is 0.447. The highest BCUT2D eigenvalue weighted by Crippen LogP contribution is 2.27. The van der Waals surface area contributed by atoms with E-state index >= 15 is 0 Å². The van der Waals surface area contributed by atoms with Crippen molar-refractivity contribution in [2.75, 3.05) is 0 Å². The molecule has 1 aromatic heterocycles. The summed E-state index contributed by atoms with van der Waals surface area (Å²) in [5.74, 6) is -0.0540. The van der Waals surface area contributed by atoms with Gasteiger partial charge in [0.2, 0.25) is 0 Å². The Morgan fingerprint density at radius 2 is 1.64 bits per heavy atom. The highest BCUT2D eigenvalue weighted by molar-refractivity contribution is 5.78. The molecule has 0 fully saturated rings. The van der Waals surface area contributed by atoms with Crippen LogP contribution in [-0.4, -0.2) is 6.36 Å². The number of hydrogen-bond acceptors (Lipinski definition) is 3. The first-order valence-electron chi connectivity index (χ1n) is 6.31. The summed E-state index contributed by atoms with van der Waals surface area (Å²) in [7, 11) is 0. The van der Waals surface area contributed by atoms with Crippen molar-refractivity contribution < 1.29 is 22.3 Å². The summed E-state index contributed by atoms with van der Waals surface area (Å²) in [6.07, 6.45) is -4.74. The van der Waals surface area contributed by atoms with Crippen LogP contribution in [0.1, 0.15) is 0 Å². The van der Waals surface area contributed by atoms with Gasteiger partial charge in [-0.25, -0.2) is 0 Å². The molecule has 0 aliphatic rings. The number of halogens is 3. The Morgan fingerprint density at radius 1 is 0.955 bits per heavy atom. The van der Waals surface area contributed by atoms with Crippen molar-refractivity contribution in [1.29, 1.82) is 0 Å². The second kappa shape index (κ2) is 5.22. The van der Waals surface area contributed by atoms with Crippen molar-refractivity contribution >= 4 is 11.0 Å². The molecule has 6 heteroatoms. The quantitative estimate of drug-likeness (QED) is 0.706. The Bertz CT molecular complexity index is 864. The lowest BCUT2D eigenvalue weighted by molar-refractivity contribution is -0.274. The summed E-state index contributed by atoms with van der Waals surface area (Å²) in [6.45, 7) is 0. The summed E-state index contributed by atoms with van der Waals surface area (Å²) in [5.41, 5.74) is 0.686. The first-order valence-corrected chi connectivity index (χ1v) is 6.31. The molecule has 0 saturated heterocycles. The van der Waals surface area contributed by atoms with Crippen molar-refractivity contribution in [2.24, 2.45) is 0 Å². The Kier molecular flexibility index (Phi) is 3.36. The zero-order valence-electron chi connectivity index (χ0n) is 11.1. The third-order valence-corrected chi connectivity index (χ3v) is 3.01. The number of fused-ring (bicyclic) bond motifs is 1. The molecule has 3 nitrogen and oxygen atoms in total. The van der Waals surface area contributed by atoms with Crippen LogP contribution in [0.4, 0.5) is 13.2 Å². The molecule has 2 aromatic carbocycles. The van der Waals surface area contributed by atoms with Crippen molar-refractivity contribution in [3.05, 3.63) is 64.8 Å². The minimum Gasteiger partial charge on any atom is -0.456 e. The van der Waals surface area contributed by atoms with Gasteiger partial charge in [-0.05, 0) is 36.4 Å². The highest BCUT2D eigenvalue weighted by Gasteiger charge is 2.30. The SMILES string of the molecule is O=c1cc(-c2ccc(OC(F)(F)F)cc2)oc2ccccc12. The lowest BCUT2D eigenvalue weighted by Gasteiger charge is -2.09. The van der Waals surface area contributed by atoms with Gasteiger partial charge in [0, 0.05) is 11.6 Å². The number of para-hydroxylation sites is 1. The first-order chi connectivity index (χ1) is 10.4. The van der Waals surface area contributed by atoms with Crippen molar-refractivity contribution in [3.63, 3.8) is 0 Å². The van der Waals surface area contributed by atoms with Crippen molar-refractivity contribution in [3.8, 4) is 17.1 Å². The van der Waals surface area contributed by atoms with Crippen LogP contribution in [0.15, 0.2) is 63.8 Å². The van der Waals surface area contributed by atoms with Crippen molar-refractivity contribution in [1.82, 2.24) is 0 Å². The minimum atomic E-state index is -4.74. The molecule has 0 radical (unpaired) electrons. The lowest BCUT2D eigenvalue weighted by atomic mass is 10.1. The lowest BCUT2D eigenvalue weighted by Crippen LogP contribution is -2.16. The van der Waals surface area contributed by atoms with E-state index in [4.69, 9.17) is 4.42 Å². The van der Waals surface area contributed by atoms with Crippen LogP contribution in [0.3, 0.4) is 0 Å². The van der Waals surface area contributed by atoms with E-state index in [9.17, 15) is 18.0 Å². The first kappa shape index (κ1) is 14.2. The average molecular weight is 306 g/mol. The normalized spacial score (nSPS) is 11.6. The molecule has 3 rings (SSSR count). The fourth-order valence-electron chi connectivity index (χ4n) is 2.07. The molecule has 22 heavy (non-hydrogen) atoms. The maximum absolute atomic E-state index is 12.1. The smallest absolute Gasteiger partial charge is 0.456 e. The number of rotatable bonds is 2. The molecule has 0 saturated carbocycles. The van der Waals surface area contributed by atoms with Crippen LogP contribution >= 0.6 is 0 Å². The van der Waals surface area contributed by atoms with Crippen LogP contribution in [0.2, 0.25) is 0 Å². The van der Waals surface area contributed by atoms with Gasteiger partial charge in [-0.3, -0.25) is 4.79 Å². The molecule has 0 atom stereocenters. The van der Waals surface area contributed by atoms with Crippen LogP contribution in [0.5, 0.6) is 5.75 Å². The Balaban J connectivity index is 1.99. The maximum atomic E-state index is 12.1. The van der Waals surface area contributed by atoms with E-state index in [-0.39, 0.29) is 16.9 Å². The van der Waals surface area contributed by atoms with E-state index in [0.717, 1.165) is 12.1 Å². The van der Waals surface area contributed by atoms with Gasteiger partial charge in [0.15, 0.2) is 5.43 Å². The number of hydrogen-bond donors (Lipinski definition) is 0. The van der Waals surface area contributed by atoms with Gasteiger partial charge < -0.3 is 9.15 Å². The molecule has 112 valence electrons. The van der Waals surface area contributed by atoms with Gasteiger partial charge in [-0.15, -0.1) is 13.2 Å². The number of benzene rings is 2. The van der Waals surface area contributed by atoms with Gasteiger partial charge in [0.25, 0.3) is 0 Å². The number of alkyl halides is 3. The molecule has 0 bridgehead atoms. The second-order valence-electron chi connectivity index (χ2n) is 4.54. The predicted molar refractivity (Wildman–Crippen MR) is 74.6 cm³/mol. The van der Waals surface area contributed by atoms with Crippen LogP contribution in [0.25, 0.3) is 22.3 Å². The predicted octanol–water partition coefficient (Wildman–Crippen LogP) is 4.36. The van der Waals surface area contributed by atoms with E-state index in [1.54, 1.807) is 24.3 Å². The molecule has 0 unspecified atom stereocenters. The molecule has 0 amide bonds. The average Bonchev–Trinajstić information content (AvgIpc) is 2.46. The maximum Gasteiger partial charge on any atom is 0.573 e. The largest absolute Gasteiger partial charge is 0.573 e. The third kappa shape index (κ3) is 2.95. The monoisotopic (exact) mass is 306 g/mol. The summed E-state index contributed by atoms with van der Waals surface area (Å²) < 4.78 is 45.7. The Morgan fingerprint density at radius 3 is 2.32 bits per heavy atom. The van der Waals surface area contributed by atoms with Gasteiger partial charge in [-0.2, -0.15) is 0 Å². The summed E-state index contributed by atoms with van der Waals surface area (Å²) in [6, 6.07) is 13.2. The summed E-state index contributed by atoms with van der Waals surface area (Å²) in [4.78, 5) is 12.0. The molecule has 0 aliphatic carbocycles. The van der Waals surface area contributed by atoms with Crippen LogP contribution in [0, 0.1) is 0 Å². The highest BCUT2D eigenvalue weighted by atomic mass is 19.4.